The van der Waals surface area contributed by atoms with Gasteiger partial charge in [-0.25, -0.2) is 9.59 Å². The number of methoxy groups -OCH3 is 1. The summed E-state index contributed by atoms with van der Waals surface area (Å²) in [5.41, 5.74) is 0.824. The molecule has 0 radical (unpaired) electrons. The summed E-state index contributed by atoms with van der Waals surface area (Å²) in [4.78, 5) is 32.5. The first-order chi connectivity index (χ1) is 9.92. The van der Waals surface area contributed by atoms with Crippen LogP contribution in [0.15, 0.2) is 24.3 Å². The predicted molar refractivity (Wildman–Crippen MR) is 73.5 cm³/mol. The van der Waals surface area contributed by atoms with Gasteiger partial charge in [-0.3, -0.25) is 15.5 Å². The monoisotopic (exact) mass is 294 g/mol. The fraction of sp³-hybridized carbons (Fsp3) is 0.167. The summed E-state index contributed by atoms with van der Waals surface area (Å²) < 4.78 is 4.36. The van der Waals surface area contributed by atoms with E-state index in [2.05, 4.69) is 20.7 Å². The molecular weight excluding hydrogens is 280 g/mol. The number of alkyl carbamates (subject to hydrolysis) is 1. The number of nitrogens with one attached hydrogen (secondary N) is 4. The molecule has 0 bridgehead atoms. The molecule has 0 aliphatic carbocycles. The van der Waals surface area contributed by atoms with Gasteiger partial charge >= 0.3 is 18.1 Å². The lowest BCUT2D eigenvalue weighted by molar-refractivity contribution is -0.135. The number of carboxylic acid groups (broad SMARTS) is 1. The Morgan fingerprint density at radius 3 is 2.38 bits per heavy atom. The number of hydrogen-bond donors (Lipinski definition) is 5. The molecule has 1 rings (SSSR count). The number of carbonyl (C=O) groups excluding carboxylic acids is 2. The van der Waals surface area contributed by atoms with E-state index >= 15 is 0 Å². The Hall–Kier alpha value is -3.10. The number of carbonyl (C=O) groups is 3. The number of carboxylic acids is 1. The van der Waals surface area contributed by atoms with Crippen LogP contribution in [-0.2, 0) is 9.53 Å². The first-order valence-corrected chi connectivity index (χ1v) is 5.73. The van der Waals surface area contributed by atoms with Gasteiger partial charge in [-0.05, 0) is 24.3 Å². The van der Waals surface area contributed by atoms with Gasteiger partial charge in [0.2, 0.25) is 0 Å². The SMILES string of the molecule is COC(=O)NC(=N)c1ccc(NC(=O)NCC(=O)O)cc1. The topological polar surface area (TPSA) is 141 Å². The zero-order valence-electron chi connectivity index (χ0n) is 11.1. The number of ether oxygens (including phenoxy) is 1. The number of rotatable bonds is 4. The maximum Gasteiger partial charge on any atom is 0.412 e. The van der Waals surface area contributed by atoms with E-state index < -0.39 is 24.6 Å². The largest absolute Gasteiger partial charge is 0.480 e. The summed E-state index contributed by atoms with van der Waals surface area (Å²) in [7, 11) is 1.19. The lowest BCUT2D eigenvalue weighted by atomic mass is 10.2. The van der Waals surface area contributed by atoms with Crippen molar-refractivity contribution in [1.29, 1.82) is 5.41 Å². The number of aliphatic carboxylic acids is 1. The lowest BCUT2D eigenvalue weighted by Crippen LogP contribution is -2.33. The van der Waals surface area contributed by atoms with Crippen LogP contribution in [0, 0.1) is 5.41 Å². The molecule has 1 aromatic rings. The van der Waals surface area contributed by atoms with Gasteiger partial charge in [0.25, 0.3) is 0 Å². The Labute approximate surface area is 119 Å². The Morgan fingerprint density at radius 1 is 1.24 bits per heavy atom. The third-order valence-corrected chi connectivity index (χ3v) is 2.24. The average molecular weight is 294 g/mol. The van der Waals surface area contributed by atoms with Crippen LogP contribution >= 0.6 is 0 Å². The summed E-state index contributed by atoms with van der Waals surface area (Å²) in [5.74, 6) is -1.30. The molecule has 0 atom stereocenters. The van der Waals surface area contributed by atoms with Crippen LogP contribution in [0.3, 0.4) is 0 Å². The number of amidine groups is 1. The highest BCUT2D eigenvalue weighted by Gasteiger charge is 2.07. The van der Waals surface area contributed by atoms with Crippen molar-refractivity contribution in [2.75, 3.05) is 19.0 Å². The summed E-state index contributed by atoms with van der Waals surface area (Å²) in [6.45, 7) is -0.488. The summed E-state index contributed by atoms with van der Waals surface area (Å²) >= 11 is 0. The molecule has 9 heteroatoms. The quantitative estimate of drug-likeness (QED) is 0.408. The van der Waals surface area contributed by atoms with Gasteiger partial charge in [0, 0.05) is 11.3 Å². The van der Waals surface area contributed by atoms with Crippen LogP contribution in [0.4, 0.5) is 15.3 Å². The highest BCUT2D eigenvalue weighted by Crippen LogP contribution is 2.09. The summed E-state index contributed by atoms with van der Waals surface area (Å²) in [6.07, 6.45) is -0.754. The molecule has 0 aliphatic heterocycles. The number of anilines is 1. The van der Waals surface area contributed by atoms with Crippen molar-refractivity contribution in [1.82, 2.24) is 10.6 Å². The maximum atomic E-state index is 11.3. The highest BCUT2D eigenvalue weighted by molar-refractivity contribution is 6.04. The molecule has 0 spiro atoms. The van der Waals surface area contributed by atoms with E-state index in [0.29, 0.717) is 11.3 Å². The minimum absolute atomic E-state index is 0.149. The van der Waals surface area contributed by atoms with E-state index in [0.717, 1.165) is 0 Å². The van der Waals surface area contributed by atoms with E-state index in [1.165, 1.54) is 31.4 Å². The van der Waals surface area contributed by atoms with Gasteiger partial charge < -0.3 is 20.5 Å². The second kappa shape index (κ2) is 7.48. The normalized spacial score (nSPS) is 9.38. The van der Waals surface area contributed by atoms with Crippen LogP contribution in [0.5, 0.6) is 0 Å². The fourth-order valence-electron chi connectivity index (χ4n) is 1.28. The van der Waals surface area contributed by atoms with Crippen molar-refractivity contribution in [3.63, 3.8) is 0 Å². The first kappa shape index (κ1) is 16.0. The lowest BCUT2D eigenvalue weighted by Gasteiger charge is -2.08. The standard InChI is InChI=1S/C12H14N4O5/c1-21-12(20)16-10(13)7-2-4-8(5-3-7)15-11(19)14-6-9(17)18/h2-5H,6H2,1H3,(H,17,18)(H2,13,16,20)(H2,14,15,19). The molecule has 0 saturated carbocycles. The average Bonchev–Trinajstić information content (AvgIpc) is 2.45. The van der Waals surface area contributed by atoms with Gasteiger partial charge in [0.1, 0.15) is 12.4 Å². The van der Waals surface area contributed by atoms with E-state index in [1.807, 2.05) is 0 Å². The van der Waals surface area contributed by atoms with E-state index in [1.54, 1.807) is 0 Å². The van der Waals surface area contributed by atoms with Gasteiger partial charge in [0.15, 0.2) is 0 Å². The van der Waals surface area contributed by atoms with Gasteiger partial charge in [-0.1, -0.05) is 0 Å². The number of urea groups is 1. The van der Waals surface area contributed by atoms with E-state index in [-0.39, 0.29) is 5.84 Å². The molecule has 0 heterocycles. The van der Waals surface area contributed by atoms with Crippen molar-refractivity contribution in [3.05, 3.63) is 29.8 Å². The first-order valence-electron chi connectivity index (χ1n) is 5.73. The molecule has 0 aliphatic rings. The van der Waals surface area contributed by atoms with Gasteiger partial charge in [0.05, 0.1) is 7.11 Å². The minimum Gasteiger partial charge on any atom is -0.480 e. The Kier molecular flexibility index (Phi) is 5.68. The molecule has 3 amide bonds. The molecule has 0 saturated heterocycles. The number of amides is 3. The van der Waals surface area contributed by atoms with Crippen molar-refractivity contribution in [3.8, 4) is 0 Å². The molecule has 0 unspecified atom stereocenters. The maximum absolute atomic E-state index is 11.3. The van der Waals surface area contributed by atoms with Crippen LogP contribution in [0.2, 0.25) is 0 Å². The van der Waals surface area contributed by atoms with Crippen molar-refractivity contribution in [2.24, 2.45) is 0 Å². The van der Waals surface area contributed by atoms with Crippen molar-refractivity contribution >= 4 is 29.6 Å². The Bertz CT molecular complexity index is 555. The van der Waals surface area contributed by atoms with Crippen molar-refractivity contribution in [2.45, 2.75) is 0 Å². The second-order valence-electron chi connectivity index (χ2n) is 3.77. The van der Waals surface area contributed by atoms with Crippen LogP contribution in [-0.4, -0.2) is 42.7 Å². The van der Waals surface area contributed by atoms with Gasteiger partial charge in [-0.15, -0.1) is 0 Å². The smallest absolute Gasteiger partial charge is 0.412 e. The zero-order valence-corrected chi connectivity index (χ0v) is 11.1. The fourth-order valence-corrected chi connectivity index (χ4v) is 1.28. The van der Waals surface area contributed by atoms with Crippen LogP contribution < -0.4 is 16.0 Å². The highest BCUT2D eigenvalue weighted by atomic mass is 16.5. The molecule has 0 aromatic heterocycles. The van der Waals surface area contributed by atoms with Gasteiger partial charge in [-0.2, -0.15) is 0 Å². The molecular formula is C12H14N4O5. The Morgan fingerprint density at radius 2 is 1.86 bits per heavy atom. The zero-order chi connectivity index (χ0) is 15.8. The predicted octanol–water partition coefficient (Wildman–Crippen LogP) is 0.574. The number of benzene rings is 1. The third-order valence-electron chi connectivity index (χ3n) is 2.24. The molecule has 1 aromatic carbocycles. The Balaban J connectivity index is 2.57. The second-order valence-corrected chi connectivity index (χ2v) is 3.77. The van der Waals surface area contributed by atoms with Crippen molar-refractivity contribution < 1.29 is 24.2 Å². The molecule has 21 heavy (non-hydrogen) atoms. The van der Waals surface area contributed by atoms with Crippen LogP contribution in [0.1, 0.15) is 5.56 Å². The van der Waals surface area contributed by atoms with Crippen LogP contribution in [0.25, 0.3) is 0 Å². The van der Waals surface area contributed by atoms with E-state index in [4.69, 9.17) is 10.5 Å². The number of hydrogen-bond acceptors (Lipinski definition) is 5. The molecule has 112 valence electrons. The molecule has 0 fully saturated rings. The third kappa shape index (κ3) is 5.59. The summed E-state index contributed by atoms with van der Waals surface area (Å²) in [5, 5.41) is 22.8. The molecule has 9 nitrogen and oxygen atoms in total. The molecule has 5 N–H and O–H groups in total. The summed E-state index contributed by atoms with van der Waals surface area (Å²) in [6, 6.07) is 5.36. The van der Waals surface area contributed by atoms with E-state index in [9.17, 15) is 14.4 Å². The minimum atomic E-state index is -1.15.